The summed E-state index contributed by atoms with van der Waals surface area (Å²) >= 11 is 0. The fourth-order valence-electron chi connectivity index (χ4n) is 2.97. The van der Waals surface area contributed by atoms with Crippen molar-refractivity contribution in [1.29, 1.82) is 0 Å². The molecule has 1 fully saturated rings. The van der Waals surface area contributed by atoms with Crippen molar-refractivity contribution in [2.45, 2.75) is 33.1 Å². The van der Waals surface area contributed by atoms with Crippen molar-refractivity contribution in [1.82, 2.24) is 10.2 Å². The molecule has 1 atom stereocenters. The van der Waals surface area contributed by atoms with Gasteiger partial charge in [0, 0.05) is 26.2 Å². The maximum atomic E-state index is 5.93. The lowest BCUT2D eigenvalue weighted by Gasteiger charge is -2.15. The first-order chi connectivity index (χ1) is 11.1. The lowest BCUT2D eigenvalue weighted by atomic mass is 10.1. The van der Waals surface area contributed by atoms with Gasteiger partial charge in [0.15, 0.2) is 5.96 Å². The number of aliphatic imine (C=N–C) groups is 1. The van der Waals surface area contributed by atoms with Gasteiger partial charge in [0.05, 0.1) is 0 Å². The molecule has 1 aromatic rings. The smallest absolute Gasteiger partial charge is 0.188 e. The first-order valence-electron chi connectivity index (χ1n) is 8.93. The van der Waals surface area contributed by atoms with Crippen LogP contribution in [-0.4, -0.2) is 43.6 Å². The highest BCUT2D eigenvalue weighted by atomic mass is 15.2. The van der Waals surface area contributed by atoms with Gasteiger partial charge in [-0.15, -0.1) is 0 Å². The second kappa shape index (κ2) is 9.56. The second-order valence-corrected chi connectivity index (χ2v) is 7.03. The van der Waals surface area contributed by atoms with Gasteiger partial charge in [0.2, 0.25) is 0 Å². The number of nitrogens with two attached hydrogens (primary N) is 1. The summed E-state index contributed by atoms with van der Waals surface area (Å²) in [5.74, 6) is 1.95. The number of hydrogen-bond acceptors (Lipinski definition) is 2. The number of nitrogens with one attached hydrogen (secondary N) is 1. The minimum Gasteiger partial charge on any atom is -0.370 e. The van der Waals surface area contributed by atoms with Gasteiger partial charge in [-0.3, -0.25) is 4.99 Å². The van der Waals surface area contributed by atoms with Crippen LogP contribution in [0, 0.1) is 11.8 Å². The summed E-state index contributed by atoms with van der Waals surface area (Å²) in [6, 6.07) is 10.7. The number of hydrogen-bond donors (Lipinski definition) is 2. The average molecular weight is 316 g/mol. The number of benzene rings is 1. The molecule has 0 aliphatic carbocycles. The maximum absolute atomic E-state index is 5.93. The van der Waals surface area contributed by atoms with Gasteiger partial charge >= 0.3 is 0 Å². The fraction of sp³-hybridized carbons (Fsp3) is 0.632. The average Bonchev–Trinajstić information content (AvgIpc) is 2.99. The van der Waals surface area contributed by atoms with Crippen LogP contribution < -0.4 is 11.1 Å². The Morgan fingerprint density at radius 1 is 1.35 bits per heavy atom. The molecule has 128 valence electrons. The third-order valence-electron chi connectivity index (χ3n) is 4.48. The molecule has 0 bridgehead atoms. The van der Waals surface area contributed by atoms with Gasteiger partial charge in [-0.25, -0.2) is 0 Å². The molecule has 23 heavy (non-hydrogen) atoms. The van der Waals surface area contributed by atoms with E-state index < -0.39 is 0 Å². The molecule has 0 spiro atoms. The van der Waals surface area contributed by atoms with Gasteiger partial charge in [0.25, 0.3) is 0 Å². The van der Waals surface area contributed by atoms with Gasteiger partial charge in [0.1, 0.15) is 0 Å². The van der Waals surface area contributed by atoms with Crippen LogP contribution in [-0.2, 0) is 6.42 Å². The molecule has 1 aliphatic rings. The van der Waals surface area contributed by atoms with Crippen LogP contribution in [0.3, 0.4) is 0 Å². The molecular formula is C19H32N4. The van der Waals surface area contributed by atoms with E-state index in [1.165, 1.54) is 18.5 Å². The van der Waals surface area contributed by atoms with Crippen LogP contribution in [0.25, 0.3) is 0 Å². The summed E-state index contributed by atoms with van der Waals surface area (Å²) in [6.07, 6.45) is 3.50. The molecule has 2 rings (SSSR count). The molecule has 0 radical (unpaired) electrons. The van der Waals surface area contributed by atoms with E-state index >= 15 is 0 Å². The van der Waals surface area contributed by atoms with Crippen molar-refractivity contribution >= 4 is 5.96 Å². The molecule has 0 amide bonds. The van der Waals surface area contributed by atoms with Crippen molar-refractivity contribution in [3.8, 4) is 0 Å². The van der Waals surface area contributed by atoms with E-state index in [1.54, 1.807) is 0 Å². The van der Waals surface area contributed by atoms with Crippen molar-refractivity contribution in [2.75, 3.05) is 32.7 Å². The molecule has 4 heteroatoms. The van der Waals surface area contributed by atoms with Crippen molar-refractivity contribution in [3.63, 3.8) is 0 Å². The monoisotopic (exact) mass is 316 g/mol. The summed E-state index contributed by atoms with van der Waals surface area (Å²) in [4.78, 5) is 7.06. The Hall–Kier alpha value is -1.55. The maximum Gasteiger partial charge on any atom is 0.188 e. The zero-order valence-electron chi connectivity index (χ0n) is 14.7. The molecule has 3 N–H and O–H groups in total. The molecule has 1 unspecified atom stereocenters. The normalized spacial score (nSPS) is 19.4. The highest BCUT2D eigenvalue weighted by molar-refractivity contribution is 5.77. The summed E-state index contributed by atoms with van der Waals surface area (Å²) < 4.78 is 0. The molecule has 1 heterocycles. The SMILES string of the molecule is CC(C)CCNC(N)=NCC1CCN(CCc2ccccc2)C1. The fourth-order valence-corrected chi connectivity index (χ4v) is 2.97. The standard InChI is InChI=1S/C19H32N4/c1-16(2)8-11-21-19(20)22-14-18-10-13-23(15-18)12-9-17-6-4-3-5-7-17/h3-7,16,18H,8-15H2,1-2H3,(H3,20,21,22). The molecule has 1 aromatic carbocycles. The van der Waals surface area contributed by atoms with E-state index in [2.05, 4.69) is 59.4 Å². The highest BCUT2D eigenvalue weighted by Crippen LogP contribution is 2.17. The van der Waals surface area contributed by atoms with E-state index in [1.807, 2.05) is 0 Å². The van der Waals surface area contributed by atoms with Gasteiger partial charge in [-0.05, 0) is 43.2 Å². The van der Waals surface area contributed by atoms with E-state index in [-0.39, 0.29) is 0 Å². The number of guanidine groups is 1. The quantitative estimate of drug-likeness (QED) is 0.572. The summed E-state index contributed by atoms with van der Waals surface area (Å²) in [5.41, 5.74) is 7.36. The van der Waals surface area contributed by atoms with Gasteiger partial charge in [-0.2, -0.15) is 0 Å². The first kappa shape index (κ1) is 17.8. The van der Waals surface area contributed by atoms with Gasteiger partial charge < -0.3 is 16.0 Å². The van der Waals surface area contributed by atoms with Crippen LogP contribution in [0.15, 0.2) is 35.3 Å². The molecule has 4 nitrogen and oxygen atoms in total. The molecule has 1 aliphatic heterocycles. The number of likely N-dealkylation sites (tertiary alicyclic amines) is 1. The third-order valence-corrected chi connectivity index (χ3v) is 4.48. The lowest BCUT2D eigenvalue weighted by Crippen LogP contribution is -2.33. The predicted molar refractivity (Wildman–Crippen MR) is 98.6 cm³/mol. The zero-order chi connectivity index (χ0) is 16.5. The Balaban J connectivity index is 1.63. The third kappa shape index (κ3) is 7.04. The first-order valence-corrected chi connectivity index (χ1v) is 8.93. The predicted octanol–water partition coefficient (Wildman–Crippen LogP) is 2.50. The Labute approximate surface area is 141 Å². The summed E-state index contributed by atoms with van der Waals surface area (Å²) in [6.45, 7) is 9.69. The highest BCUT2D eigenvalue weighted by Gasteiger charge is 2.21. The Morgan fingerprint density at radius 2 is 2.13 bits per heavy atom. The second-order valence-electron chi connectivity index (χ2n) is 7.03. The molecule has 0 aromatic heterocycles. The Kier molecular flexibility index (Phi) is 7.40. The van der Waals surface area contributed by atoms with E-state index in [9.17, 15) is 0 Å². The van der Waals surface area contributed by atoms with Crippen LogP contribution in [0.1, 0.15) is 32.3 Å². The van der Waals surface area contributed by atoms with Crippen LogP contribution in [0.2, 0.25) is 0 Å². The van der Waals surface area contributed by atoms with Crippen LogP contribution >= 0.6 is 0 Å². The van der Waals surface area contributed by atoms with E-state index in [0.29, 0.717) is 17.8 Å². The lowest BCUT2D eigenvalue weighted by molar-refractivity contribution is 0.329. The minimum absolute atomic E-state index is 0.605. The Morgan fingerprint density at radius 3 is 2.87 bits per heavy atom. The van der Waals surface area contributed by atoms with Crippen molar-refractivity contribution < 1.29 is 0 Å². The van der Waals surface area contributed by atoms with Crippen LogP contribution in [0.5, 0.6) is 0 Å². The number of rotatable bonds is 8. The zero-order valence-corrected chi connectivity index (χ0v) is 14.7. The number of nitrogens with zero attached hydrogens (tertiary/aromatic N) is 2. The summed E-state index contributed by atoms with van der Waals surface area (Å²) in [5, 5.41) is 3.21. The minimum atomic E-state index is 0.605. The molecule has 1 saturated heterocycles. The van der Waals surface area contributed by atoms with Crippen LogP contribution in [0.4, 0.5) is 0 Å². The van der Waals surface area contributed by atoms with E-state index in [4.69, 9.17) is 5.73 Å². The molecule has 0 saturated carbocycles. The molecular weight excluding hydrogens is 284 g/mol. The van der Waals surface area contributed by atoms with Crippen molar-refractivity contribution in [3.05, 3.63) is 35.9 Å². The largest absolute Gasteiger partial charge is 0.370 e. The Bertz CT molecular complexity index is 470. The van der Waals surface area contributed by atoms with E-state index in [0.717, 1.165) is 39.0 Å². The van der Waals surface area contributed by atoms with Crippen molar-refractivity contribution in [2.24, 2.45) is 22.6 Å². The van der Waals surface area contributed by atoms with Gasteiger partial charge in [-0.1, -0.05) is 44.2 Å². The topological polar surface area (TPSA) is 53.6 Å². The summed E-state index contributed by atoms with van der Waals surface area (Å²) in [7, 11) is 0.